The summed E-state index contributed by atoms with van der Waals surface area (Å²) < 4.78 is 0.945. The molecule has 1 aliphatic heterocycles. The number of hydrogen-bond donors (Lipinski definition) is 2. The fourth-order valence-corrected chi connectivity index (χ4v) is 3.02. The highest BCUT2D eigenvalue weighted by Gasteiger charge is 2.29. The second-order valence-corrected chi connectivity index (χ2v) is 6.38. The summed E-state index contributed by atoms with van der Waals surface area (Å²) in [6.07, 6.45) is 2.24. The minimum Gasteiger partial charge on any atom is -0.393 e. The largest absolute Gasteiger partial charge is 0.393 e. The molecule has 0 bridgehead atoms. The van der Waals surface area contributed by atoms with E-state index in [1.165, 1.54) is 0 Å². The second-order valence-electron chi connectivity index (χ2n) is 5.46. The molecule has 1 aliphatic rings. The Labute approximate surface area is 128 Å². The van der Waals surface area contributed by atoms with Crippen LogP contribution in [0.2, 0.25) is 0 Å². The molecule has 0 saturated carbocycles. The molecular formula is C15H21BrN2O2. The molecule has 0 aliphatic carbocycles. The molecule has 20 heavy (non-hydrogen) atoms. The first kappa shape index (κ1) is 15.3. The highest BCUT2D eigenvalue weighted by atomic mass is 79.9. The topological polar surface area (TPSA) is 52.6 Å². The maximum atomic E-state index is 12.4. The fraction of sp³-hybridized carbons (Fsp3) is 0.533. The van der Waals surface area contributed by atoms with Crippen LogP contribution in [-0.4, -0.2) is 34.7 Å². The second kappa shape index (κ2) is 6.59. The Morgan fingerprint density at radius 2 is 2.35 bits per heavy atom. The summed E-state index contributed by atoms with van der Waals surface area (Å²) in [5.74, 6) is 0. The van der Waals surface area contributed by atoms with Crippen LogP contribution in [0.3, 0.4) is 0 Å². The van der Waals surface area contributed by atoms with E-state index < -0.39 is 0 Å². The Bertz CT molecular complexity index is 491. The summed E-state index contributed by atoms with van der Waals surface area (Å²) in [7, 11) is 0. The molecule has 1 aromatic rings. The Morgan fingerprint density at radius 3 is 3.05 bits per heavy atom. The minimum atomic E-state index is -0.374. The summed E-state index contributed by atoms with van der Waals surface area (Å²) in [6.45, 7) is 4.50. The third kappa shape index (κ3) is 3.73. The summed E-state index contributed by atoms with van der Waals surface area (Å²) >= 11 is 3.42. The maximum Gasteiger partial charge on any atom is 0.322 e. The number of rotatable bonds is 3. The summed E-state index contributed by atoms with van der Waals surface area (Å²) in [5.41, 5.74) is 1.86. The lowest BCUT2D eigenvalue weighted by molar-refractivity contribution is 0.142. The number of hydrogen-bond acceptors (Lipinski definition) is 2. The first-order chi connectivity index (χ1) is 9.47. The summed E-state index contributed by atoms with van der Waals surface area (Å²) in [4.78, 5) is 14.2. The third-order valence-corrected chi connectivity index (χ3v) is 4.19. The average Bonchev–Trinajstić information content (AvgIpc) is 2.81. The number of carbonyl (C=O) groups excluding carboxylic acids is 1. The maximum absolute atomic E-state index is 12.4. The van der Waals surface area contributed by atoms with E-state index in [0.717, 1.165) is 35.1 Å². The average molecular weight is 341 g/mol. The van der Waals surface area contributed by atoms with Crippen LogP contribution in [0.15, 0.2) is 22.7 Å². The van der Waals surface area contributed by atoms with E-state index in [1.807, 2.05) is 30.0 Å². The van der Waals surface area contributed by atoms with Crippen molar-refractivity contribution in [1.29, 1.82) is 0 Å². The molecule has 5 heteroatoms. The van der Waals surface area contributed by atoms with Crippen LogP contribution >= 0.6 is 15.9 Å². The summed E-state index contributed by atoms with van der Waals surface area (Å²) in [6, 6.07) is 5.90. The molecular weight excluding hydrogens is 320 g/mol. The molecule has 1 saturated heterocycles. The number of carbonyl (C=O) groups is 1. The zero-order chi connectivity index (χ0) is 14.7. The lowest BCUT2D eigenvalue weighted by Gasteiger charge is -2.26. The number of aliphatic hydroxyl groups excluding tert-OH is 1. The van der Waals surface area contributed by atoms with Gasteiger partial charge in [0, 0.05) is 22.7 Å². The Morgan fingerprint density at radius 1 is 1.60 bits per heavy atom. The number of amides is 2. The SMILES string of the molecule is Cc1ccc(Br)cc1NC(=O)N1CCC[C@H]1C[C@@H](C)O. The number of aliphatic hydroxyl groups is 1. The number of anilines is 1. The van der Waals surface area contributed by atoms with Crippen molar-refractivity contribution in [3.05, 3.63) is 28.2 Å². The molecule has 2 rings (SSSR count). The van der Waals surface area contributed by atoms with Gasteiger partial charge in [0.1, 0.15) is 0 Å². The summed E-state index contributed by atoms with van der Waals surface area (Å²) in [5, 5.41) is 12.5. The monoisotopic (exact) mass is 340 g/mol. The number of nitrogens with one attached hydrogen (secondary N) is 1. The lowest BCUT2D eigenvalue weighted by atomic mass is 10.1. The molecule has 0 unspecified atom stereocenters. The molecule has 4 nitrogen and oxygen atoms in total. The van der Waals surface area contributed by atoms with E-state index in [9.17, 15) is 9.90 Å². The zero-order valence-corrected chi connectivity index (χ0v) is 13.5. The van der Waals surface area contributed by atoms with Gasteiger partial charge < -0.3 is 15.3 Å². The van der Waals surface area contributed by atoms with E-state index in [4.69, 9.17) is 0 Å². The molecule has 1 fully saturated rings. The van der Waals surface area contributed by atoms with Crippen molar-refractivity contribution >= 4 is 27.6 Å². The van der Waals surface area contributed by atoms with Crippen molar-refractivity contribution < 1.29 is 9.90 Å². The molecule has 1 aromatic carbocycles. The predicted octanol–water partition coefficient (Wildman–Crippen LogP) is 3.52. The Kier molecular flexibility index (Phi) is 5.05. The quantitative estimate of drug-likeness (QED) is 0.884. The normalized spacial score (nSPS) is 20.0. The molecule has 0 spiro atoms. The molecule has 110 valence electrons. The van der Waals surface area contributed by atoms with Gasteiger partial charge in [0.05, 0.1) is 6.10 Å². The predicted molar refractivity (Wildman–Crippen MR) is 83.9 cm³/mol. The van der Waals surface area contributed by atoms with Gasteiger partial charge in [-0.2, -0.15) is 0 Å². The van der Waals surface area contributed by atoms with Crippen molar-refractivity contribution in [3.63, 3.8) is 0 Å². The first-order valence-corrected chi connectivity index (χ1v) is 7.78. The highest BCUT2D eigenvalue weighted by Crippen LogP contribution is 2.25. The van der Waals surface area contributed by atoms with Gasteiger partial charge in [0.25, 0.3) is 0 Å². The van der Waals surface area contributed by atoms with Crippen LogP contribution < -0.4 is 5.32 Å². The van der Waals surface area contributed by atoms with Crippen LogP contribution in [0.5, 0.6) is 0 Å². The van der Waals surface area contributed by atoms with Crippen molar-refractivity contribution in [1.82, 2.24) is 4.90 Å². The van der Waals surface area contributed by atoms with E-state index in [2.05, 4.69) is 21.2 Å². The molecule has 0 aromatic heterocycles. The smallest absolute Gasteiger partial charge is 0.322 e. The minimum absolute atomic E-state index is 0.0747. The number of halogens is 1. The van der Waals surface area contributed by atoms with Gasteiger partial charge in [-0.25, -0.2) is 4.79 Å². The molecule has 1 heterocycles. The van der Waals surface area contributed by atoms with E-state index >= 15 is 0 Å². The van der Waals surface area contributed by atoms with Crippen LogP contribution in [0.25, 0.3) is 0 Å². The number of aryl methyl sites for hydroxylation is 1. The van der Waals surface area contributed by atoms with Crippen LogP contribution in [-0.2, 0) is 0 Å². The van der Waals surface area contributed by atoms with Crippen LogP contribution in [0.1, 0.15) is 31.7 Å². The third-order valence-electron chi connectivity index (χ3n) is 3.69. The zero-order valence-electron chi connectivity index (χ0n) is 11.9. The van der Waals surface area contributed by atoms with Crippen LogP contribution in [0, 0.1) is 6.92 Å². The van der Waals surface area contributed by atoms with Crippen molar-refractivity contribution in [3.8, 4) is 0 Å². The number of urea groups is 1. The van der Waals surface area contributed by atoms with E-state index in [0.29, 0.717) is 6.42 Å². The van der Waals surface area contributed by atoms with Gasteiger partial charge in [-0.15, -0.1) is 0 Å². The van der Waals surface area contributed by atoms with Crippen molar-refractivity contribution in [2.75, 3.05) is 11.9 Å². The van der Waals surface area contributed by atoms with Gasteiger partial charge >= 0.3 is 6.03 Å². The number of likely N-dealkylation sites (tertiary alicyclic amines) is 1. The molecule has 2 N–H and O–H groups in total. The Hall–Kier alpha value is -1.07. The van der Waals surface area contributed by atoms with Crippen molar-refractivity contribution in [2.24, 2.45) is 0 Å². The van der Waals surface area contributed by atoms with Gasteiger partial charge in [-0.05, 0) is 50.8 Å². The number of nitrogens with zero attached hydrogens (tertiary/aromatic N) is 1. The van der Waals surface area contributed by atoms with Crippen LogP contribution in [0.4, 0.5) is 10.5 Å². The first-order valence-electron chi connectivity index (χ1n) is 6.99. The van der Waals surface area contributed by atoms with Gasteiger partial charge in [0.2, 0.25) is 0 Å². The molecule has 2 atom stereocenters. The number of benzene rings is 1. The standard InChI is InChI=1S/C15H21BrN2O2/c1-10-5-6-12(16)9-14(10)17-15(20)18-7-3-4-13(18)8-11(2)19/h5-6,9,11,13,19H,3-4,7-8H2,1-2H3,(H,17,20)/t11-,13+/m1/s1. The van der Waals surface area contributed by atoms with Gasteiger partial charge in [0.15, 0.2) is 0 Å². The highest BCUT2D eigenvalue weighted by molar-refractivity contribution is 9.10. The van der Waals surface area contributed by atoms with Gasteiger partial charge in [-0.1, -0.05) is 22.0 Å². The van der Waals surface area contributed by atoms with E-state index in [-0.39, 0.29) is 18.2 Å². The fourth-order valence-electron chi connectivity index (χ4n) is 2.66. The molecule has 2 amide bonds. The Balaban J connectivity index is 2.05. The van der Waals surface area contributed by atoms with Crippen molar-refractivity contribution in [2.45, 2.75) is 45.3 Å². The van der Waals surface area contributed by atoms with Gasteiger partial charge in [-0.3, -0.25) is 0 Å². The lowest BCUT2D eigenvalue weighted by Crippen LogP contribution is -2.40. The molecule has 0 radical (unpaired) electrons. The van der Waals surface area contributed by atoms with E-state index in [1.54, 1.807) is 6.92 Å².